The Hall–Kier alpha value is -2.00. The first kappa shape index (κ1) is 15.4. The third-order valence-electron chi connectivity index (χ3n) is 3.08. The second-order valence-electron chi connectivity index (χ2n) is 4.90. The third-order valence-corrected chi connectivity index (χ3v) is 3.39. The van der Waals surface area contributed by atoms with Crippen molar-refractivity contribution in [3.8, 4) is 5.75 Å². The molecule has 3 nitrogen and oxygen atoms in total. The number of hydrogen-bond donors (Lipinski definition) is 1. The molecule has 2 rings (SSSR count). The van der Waals surface area contributed by atoms with Gasteiger partial charge in [-0.2, -0.15) is 0 Å². The molecule has 21 heavy (non-hydrogen) atoms. The summed E-state index contributed by atoms with van der Waals surface area (Å²) >= 11 is 5.98. The van der Waals surface area contributed by atoms with Gasteiger partial charge in [-0.25, -0.2) is 0 Å². The molecule has 0 aliphatic heterocycles. The second-order valence-corrected chi connectivity index (χ2v) is 5.30. The molecule has 0 saturated heterocycles. The number of benzene rings is 2. The van der Waals surface area contributed by atoms with E-state index in [-0.39, 0.29) is 12.3 Å². The quantitative estimate of drug-likeness (QED) is 0.891. The first-order valence-electron chi connectivity index (χ1n) is 6.80. The van der Waals surface area contributed by atoms with Crippen molar-refractivity contribution in [2.45, 2.75) is 20.3 Å². The van der Waals surface area contributed by atoms with E-state index in [1.807, 2.05) is 44.2 Å². The fourth-order valence-corrected chi connectivity index (χ4v) is 2.17. The van der Waals surface area contributed by atoms with E-state index in [1.54, 1.807) is 12.1 Å². The van der Waals surface area contributed by atoms with E-state index in [2.05, 4.69) is 5.32 Å². The van der Waals surface area contributed by atoms with Crippen LogP contribution in [0.3, 0.4) is 0 Å². The Morgan fingerprint density at radius 2 is 1.95 bits per heavy atom. The molecule has 0 aromatic heterocycles. The molecular weight excluding hydrogens is 286 g/mol. The number of hydrogen-bond acceptors (Lipinski definition) is 2. The monoisotopic (exact) mass is 303 g/mol. The Morgan fingerprint density at radius 1 is 1.19 bits per heavy atom. The van der Waals surface area contributed by atoms with Gasteiger partial charge >= 0.3 is 0 Å². The van der Waals surface area contributed by atoms with Gasteiger partial charge in [0.15, 0.2) is 0 Å². The first-order valence-corrected chi connectivity index (χ1v) is 7.18. The van der Waals surface area contributed by atoms with Crippen LogP contribution in [0.2, 0.25) is 5.02 Å². The second kappa shape index (κ2) is 7.14. The van der Waals surface area contributed by atoms with E-state index in [0.717, 1.165) is 11.3 Å². The predicted molar refractivity (Wildman–Crippen MR) is 86.1 cm³/mol. The molecule has 0 fully saturated rings. The Balaban J connectivity index is 1.84. The van der Waals surface area contributed by atoms with E-state index >= 15 is 0 Å². The fourth-order valence-electron chi connectivity index (χ4n) is 1.98. The topological polar surface area (TPSA) is 38.3 Å². The van der Waals surface area contributed by atoms with E-state index in [9.17, 15) is 4.79 Å². The minimum atomic E-state index is -0.0750. The lowest BCUT2D eigenvalue weighted by atomic mass is 10.1. The van der Waals surface area contributed by atoms with Gasteiger partial charge in [-0.1, -0.05) is 41.4 Å². The van der Waals surface area contributed by atoms with Crippen LogP contribution in [0, 0.1) is 13.8 Å². The van der Waals surface area contributed by atoms with Gasteiger partial charge in [0.05, 0.1) is 18.1 Å². The molecule has 0 radical (unpaired) electrons. The summed E-state index contributed by atoms with van der Waals surface area (Å²) in [6.45, 7) is 4.29. The first-order chi connectivity index (χ1) is 10.1. The number of nitrogens with one attached hydrogen (secondary N) is 1. The average molecular weight is 304 g/mol. The summed E-state index contributed by atoms with van der Waals surface area (Å²) in [6.07, 6.45) is 0.276. The summed E-state index contributed by atoms with van der Waals surface area (Å²) < 4.78 is 5.50. The zero-order valence-corrected chi connectivity index (χ0v) is 12.9. The number of carbonyl (C=O) groups excluding carboxylic acids is 1. The Bertz CT molecular complexity index is 640. The van der Waals surface area contributed by atoms with E-state index in [0.29, 0.717) is 17.4 Å². The standard InChI is InChI=1S/C17H18ClNO2/c1-12-7-8-15(13(2)11-12)19-17(20)9-10-21-16-6-4-3-5-14(16)18/h3-8,11H,9-10H2,1-2H3,(H,19,20). The number of rotatable bonds is 5. The van der Waals surface area contributed by atoms with Crippen LogP contribution in [0.15, 0.2) is 42.5 Å². The highest BCUT2D eigenvalue weighted by Crippen LogP contribution is 2.23. The van der Waals surface area contributed by atoms with Crippen molar-refractivity contribution in [1.82, 2.24) is 0 Å². The highest BCUT2D eigenvalue weighted by molar-refractivity contribution is 6.32. The molecule has 0 atom stereocenters. The molecule has 0 saturated carbocycles. The van der Waals surface area contributed by atoms with Crippen LogP contribution in [0.25, 0.3) is 0 Å². The van der Waals surface area contributed by atoms with Gasteiger partial charge in [-0.3, -0.25) is 4.79 Å². The molecule has 4 heteroatoms. The Labute approximate surface area is 129 Å². The number of carbonyl (C=O) groups is 1. The summed E-state index contributed by atoms with van der Waals surface area (Å²) in [4.78, 5) is 11.9. The van der Waals surface area contributed by atoms with Gasteiger partial charge < -0.3 is 10.1 Å². The maximum Gasteiger partial charge on any atom is 0.227 e. The van der Waals surface area contributed by atoms with Crippen molar-refractivity contribution in [2.24, 2.45) is 0 Å². The maximum absolute atomic E-state index is 11.9. The van der Waals surface area contributed by atoms with E-state index < -0.39 is 0 Å². The largest absolute Gasteiger partial charge is 0.491 e. The van der Waals surface area contributed by atoms with Gasteiger partial charge in [0.2, 0.25) is 5.91 Å². The summed E-state index contributed by atoms with van der Waals surface area (Å²) in [5, 5.41) is 3.43. The fraction of sp³-hybridized carbons (Fsp3) is 0.235. The van der Waals surface area contributed by atoms with E-state index in [4.69, 9.17) is 16.3 Å². The van der Waals surface area contributed by atoms with Crippen LogP contribution in [-0.4, -0.2) is 12.5 Å². The number of amides is 1. The van der Waals surface area contributed by atoms with Gasteiger partial charge in [0.25, 0.3) is 0 Å². The molecule has 1 N–H and O–H groups in total. The van der Waals surface area contributed by atoms with Crippen LogP contribution in [0.5, 0.6) is 5.75 Å². The molecule has 0 spiro atoms. The summed E-state index contributed by atoms with van der Waals surface area (Å²) in [5.41, 5.74) is 3.06. The molecule has 2 aromatic carbocycles. The molecule has 0 heterocycles. The van der Waals surface area contributed by atoms with Crippen LogP contribution in [-0.2, 0) is 4.79 Å². The highest BCUT2D eigenvalue weighted by atomic mass is 35.5. The van der Waals surface area contributed by atoms with Crippen molar-refractivity contribution >= 4 is 23.2 Å². The zero-order chi connectivity index (χ0) is 15.2. The maximum atomic E-state index is 11.9. The average Bonchev–Trinajstić information content (AvgIpc) is 2.44. The summed E-state index contributed by atoms with van der Waals surface area (Å²) in [5.74, 6) is 0.521. The lowest BCUT2D eigenvalue weighted by molar-refractivity contribution is -0.116. The lowest BCUT2D eigenvalue weighted by Gasteiger charge is -2.10. The molecule has 0 bridgehead atoms. The molecule has 1 amide bonds. The SMILES string of the molecule is Cc1ccc(NC(=O)CCOc2ccccc2Cl)c(C)c1. The van der Waals surface area contributed by atoms with Crippen molar-refractivity contribution in [3.63, 3.8) is 0 Å². The van der Waals surface area contributed by atoms with Crippen LogP contribution < -0.4 is 10.1 Å². The number of halogens is 1. The molecule has 0 aliphatic carbocycles. The van der Waals surface area contributed by atoms with Crippen LogP contribution >= 0.6 is 11.6 Å². The van der Waals surface area contributed by atoms with Crippen molar-refractivity contribution in [3.05, 3.63) is 58.6 Å². The number of anilines is 1. The van der Waals surface area contributed by atoms with Crippen LogP contribution in [0.1, 0.15) is 17.5 Å². The zero-order valence-electron chi connectivity index (χ0n) is 12.2. The molecular formula is C17H18ClNO2. The molecule has 2 aromatic rings. The summed E-state index contributed by atoms with van der Waals surface area (Å²) in [6, 6.07) is 13.1. The summed E-state index contributed by atoms with van der Waals surface area (Å²) in [7, 11) is 0. The molecule has 0 aliphatic rings. The number of aryl methyl sites for hydroxylation is 2. The third kappa shape index (κ3) is 4.50. The predicted octanol–water partition coefficient (Wildman–Crippen LogP) is 4.36. The number of ether oxygens (including phenoxy) is 1. The minimum absolute atomic E-state index is 0.0750. The Kier molecular flexibility index (Phi) is 5.23. The minimum Gasteiger partial charge on any atom is -0.491 e. The van der Waals surface area contributed by atoms with Crippen molar-refractivity contribution in [2.75, 3.05) is 11.9 Å². The van der Waals surface area contributed by atoms with Gasteiger partial charge in [-0.05, 0) is 37.6 Å². The van der Waals surface area contributed by atoms with Gasteiger partial charge in [-0.15, -0.1) is 0 Å². The van der Waals surface area contributed by atoms with Crippen LogP contribution in [0.4, 0.5) is 5.69 Å². The molecule has 0 unspecified atom stereocenters. The normalized spacial score (nSPS) is 10.2. The van der Waals surface area contributed by atoms with Crippen molar-refractivity contribution in [1.29, 1.82) is 0 Å². The number of para-hydroxylation sites is 1. The lowest BCUT2D eigenvalue weighted by Crippen LogP contribution is -2.16. The van der Waals surface area contributed by atoms with Crippen molar-refractivity contribution < 1.29 is 9.53 Å². The smallest absolute Gasteiger partial charge is 0.227 e. The van der Waals surface area contributed by atoms with Gasteiger partial charge in [0.1, 0.15) is 5.75 Å². The van der Waals surface area contributed by atoms with E-state index in [1.165, 1.54) is 5.56 Å². The Morgan fingerprint density at radius 3 is 2.67 bits per heavy atom. The van der Waals surface area contributed by atoms with Gasteiger partial charge in [0, 0.05) is 5.69 Å². The molecule has 110 valence electrons. The highest BCUT2D eigenvalue weighted by Gasteiger charge is 2.06.